The van der Waals surface area contributed by atoms with Crippen LogP contribution in [0.3, 0.4) is 0 Å². The van der Waals surface area contributed by atoms with Crippen molar-refractivity contribution in [3.05, 3.63) is 48.4 Å². The minimum Gasteiger partial charge on any atom is -0.496 e. The van der Waals surface area contributed by atoms with Crippen LogP contribution in [0.4, 0.5) is 0 Å². The summed E-state index contributed by atoms with van der Waals surface area (Å²) in [6.07, 6.45) is 3.69. The Balaban J connectivity index is 2.30. The van der Waals surface area contributed by atoms with Gasteiger partial charge in [0.25, 0.3) is 0 Å². The molecule has 0 atom stereocenters. The number of fused-ring (bicyclic) bond motifs is 1. The summed E-state index contributed by atoms with van der Waals surface area (Å²) in [4.78, 5) is 4.41. The zero-order valence-corrected chi connectivity index (χ0v) is 10.3. The summed E-state index contributed by atoms with van der Waals surface area (Å²) in [6.45, 7) is 1.96. The van der Waals surface area contributed by atoms with Crippen LogP contribution in [0.25, 0.3) is 16.6 Å². The summed E-state index contributed by atoms with van der Waals surface area (Å²) < 4.78 is 7.15. The second-order valence-corrected chi connectivity index (χ2v) is 4.09. The third-order valence-electron chi connectivity index (χ3n) is 2.90. The van der Waals surface area contributed by atoms with Gasteiger partial charge >= 0.3 is 0 Å². The summed E-state index contributed by atoms with van der Waals surface area (Å²) in [6, 6.07) is 9.84. The van der Waals surface area contributed by atoms with Crippen LogP contribution in [0.15, 0.2) is 42.7 Å². The van der Waals surface area contributed by atoms with Crippen LogP contribution in [0, 0.1) is 6.92 Å². The molecule has 0 N–H and O–H groups in total. The summed E-state index contributed by atoms with van der Waals surface area (Å²) >= 11 is 0. The van der Waals surface area contributed by atoms with E-state index < -0.39 is 0 Å². The Morgan fingerprint density at radius 1 is 1.11 bits per heavy atom. The predicted octanol–water partition coefficient (Wildman–Crippen LogP) is 2.74. The number of ether oxygens (including phenoxy) is 1. The van der Waals surface area contributed by atoms with Gasteiger partial charge in [0.05, 0.1) is 12.8 Å². The number of hydrogen-bond acceptors (Lipinski definition) is 3. The van der Waals surface area contributed by atoms with Gasteiger partial charge in [-0.3, -0.25) is 0 Å². The molecule has 3 rings (SSSR count). The van der Waals surface area contributed by atoms with Crippen molar-refractivity contribution >= 4 is 10.8 Å². The molecule has 3 aromatic rings. The number of aromatic nitrogens is 3. The Morgan fingerprint density at radius 3 is 2.72 bits per heavy atom. The molecule has 18 heavy (non-hydrogen) atoms. The van der Waals surface area contributed by atoms with Crippen LogP contribution >= 0.6 is 0 Å². The monoisotopic (exact) mass is 239 g/mol. The molecule has 0 radical (unpaired) electrons. The van der Waals surface area contributed by atoms with Gasteiger partial charge in [-0.15, -0.1) is 0 Å². The molecule has 0 fully saturated rings. The van der Waals surface area contributed by atoms with Crippen molar-refractivity contribution in [2.75, 3.05) is 7.11 Å². The van der Waals surface area contributed by atoms with Gasteiger partial charge in [0.15, 0.2) is 5.82 Å². The molecule has 0 amide bonds. The van der Waals surface area contributed by atoms with Gasteiger partial charge in [0, 0.05) is 23.2 Å². The van der Waals surface area contributed by atoms with Crippen molar-refractivity contribution in [2.45, 2.75) is 6.92 Å². The van der Waals surface area contributed by atoms with Crippen molar-refractivity contribution < 1.29 is 4.74 Å². The average Bonchev–Trinajstić information content (AvgIpc) is 2.84. The average molecular weight is 239 g/mol. The van der Waals surface area contributed by atoms with E-state index in [0.717, 1.165) is 28.0 Å². The number of benzene rings is 1. The molecule has 2 aromatic heterocycles. The van der Waals surface area contributed by atoms with E-state index in [4.69, 9.17) is 4.74 Å². The van der Waals surface area contributed by atoms with Gasteiger partial charge in [0.1, 0.15) is 5.75 Å². The lowest BCUT2D eigenvalue weighted by Crippen LogP contribution is -1.99. The SMILES string of the molecule is COc1cccc2c(-n3ccc(C)n3)nccc12. The molecule has 4 nitrogen and oxygen atoms in total. The highest BCUT2D eigenvalue weighted by Gasteiger charge is 2.08. The number of methoxy groups -OCH3 is 1. The van der Waals surface area contributed by atoms with Crippen LogP contribution in [0.2, 0.25) is 0 Å². The van der Waals surface area contributed by atoms with Gasteiger partial charge in [-0.1, -0.05) is 12.1 Å². The fourth-order valence-corrected chi connectivity index (χ4v) is 2.06. The lowest BCUT2D eigenvalue weighted by Gasteiger charge is -2.08. The molecule has 0 saturated carbocycles. The van der Waals surface area contributed by atoms with E-state index in [0.29, 0.717) is 0 Å². The summed E-state index contributed by atoms with van der Waals surface area (Å²) in [5.41, 5.74) is 0.969. The highest BCUT2D eigenvalue weighted by Crippen LogP contribution is 2.27. The van der Waals surface area contributed by atoms with Crippen LogP contribution < -0.4 is 4.74 Å². The molecule has 1 aromatic carbocycles. The van der Waals surface area contributed by atoms with E-state index in [1.807, 2.05) is 43.5 Å². The largest absolute Gasteiger partial charge is 0.496 e. The third-order valence-corrected chi connectivity index (χ3v) is 2.90. The molecule has 0 aliphatic heterocycles. The normalized spacial score (nSPS) is 10.8. The molecule has 0 spiro atoms. The second kappa shape index (κ2) is 4.14. The van der Waals surface area contributed by atoms with E-state index in [1.165, 1.54) is 0 Å². The Morgan fingerprint density at radius 2 is 2.00 bits per heavy atom. The first-order valence-electron chi connectivity index (χ1n) is 5.74. The molecule has 90 valence electrons. The molecule has 0 saturated heterocycles. The van der Waals surface area contributed by atoms with E-state index in [2.05, 4.69) is 10.1 Å². The van der Waals surface area contributed by atoms with E-state index in [9.17, 15) is 0 Å². The van der Waals surface area contributed by atoms with Crippen molar-refractivity contribution in [3.63, 3.8) is 0 Å². The number of hydrogen-bond donors (Lipinski definition) is 0. The first kappa shape index (κ1) is 10.8. The van der Waals surface area contributed by atoms with Crippen molar-refractivity contribution in [2.24, 2.45) is 0 Å². The van der Waals surface area contributed by atoms with Crippen molar-refractivity contribution in [1.82, 2.24) is 14.8 Å². The van der Waals surface area contributed by atoms with E-state index in [-0.39, 0.29) is 0 Å². The Bertz CT molecular complexity index is 703. The fraction of sp³-hybridized carbons (Fsp3) is 0.143. The van der Waals surface area contributed by atoms with E-state index >= 15 is 0 Å². The molecule has 4 heteroatoms. The Hall–Kier alpha value is -2.36. The fourth-order valence-electron chi connectivity index (χ4n) is 2.06. The first-order valence-corrected chi connectivity index (χ1v) is 5.74. The highest BCUT2D eigenvalue weighted by atomic mass is 16.5. The molecular weight excluding hydrogens is 226 g/mol. The topological polar surface area (TPSA) is 39.9 Å². The Labute approximate surface area is 105 Å². The minimum atomic E-state index is 0.819. The molecule has 0 aliphatic carbocycles. The summed E-state index contributed by atoms with van der Waals surface area (Å²) in [5, 5.41) is 6.47. The maximum atomic E-state index is 5.37. The van der Waals surface area contributed by atoms with Gasteiger partial charge in [0.2, 0.25) is 0 Å². The summed E-state index contributed by atoms with van der Waals surface area (Å²) in [7, 11) is 1.67. The van der Waals surface area contributed by atoms with Crippen molar-refractivity contribution in [3.8, 4) is 11.6 Å². The predicted molar refractivity (Wildman–Crippen MR) is 70.2 cm³/mol. The zero-order chi connectivity index (χ0) is 12.5. The number of rotatable bonds is 2. The van der Waals surface area contributed by atoms with Gasteiger partial charge < -0.3 is 4.74 Å². The lowest BCUT2D eigenvalue weighted by atomic mass is 10.1. The van der Waals surface area contributed by atoms with Gasteiger partial charge in [-0.2, -0.15) is 5.10 Å². The minimum absolute atomic E-state index is 0.819. The van der Waals surface area contributed by atoms with Crippen LogP contribution in [0.1, 0.15) is 5.69 Å². The van der Waals surface area contributed by atoms with E-state index in [1.54, 1.807) is 18.0 Å². The zero-order valence-electron chi connectivity index (χ0n) is 10.3. The Kier molecular flexibility index (Phi) is 2.48. The van der Waals surface area contributed by atoms with Crippen LogP contribution in [-0.2, 0) is 0 Å². The molecule has 2 heterocycles. The highest BCUT2D eigenvalue weighted by molar-refractivity contribution is 5.93. The number of pyridine rings is 1. The molecule has 0 bridgehead atoms. The molecule has 0 aliphatic rings. The quantitative estimate of drug-likeness (QED) is 0.690. The standard InChI is InChI=1S/C14H13N3O/c1-10-7-9-17(16-10)14-12-4-3-5-13(18-2)11(12)6-8-15-14/h3-9H,1-2H3. The van der Waals surface area contributed by atoms with Crippen molar-refractivity contribution in [1.29, 1.82) is 0 Å². The smallest absolute Gasteiger partial charge is 0.161 e. The third kappa shape index (κ3) is 1.62. The van der Waals surface area contributed by atoms with Gasteiger partial charge in [-0.25, -0.2) is 9.67 Å². The number of aryl methyl sites for hydroxylation is 1. The molecule has 0 unspecified atom stereocenters. The summed E-state index contributed by atoms with van der Waals surface area (Å²) in [5.74, 6) is 1.67. The van der Waals surface area contributed by atoms with Gasteiger partial charge in [-0.05, 0) is 25.1 Å². The maximum Gasteiger partial charge on any atom is 0.161 e. The maximum absolute atomic E-state index is 5.37. The number of nitrogens with zero attached hydrogens (tertiary/aromatic N) is 3. The lowest BCUT2D eigenvalue weighted by molar-refractivity contribution is 0.420. The second-order valence-electron chi connectivity index (χ2n) is 4.09. The molecular formula is C14H13N3O. The first-order chi connectivity index (χ1) is 8.79. The van der Waals surface area contributed by atoms with Crippen LogP contribution in [-0.4, -0.2) is 21.9 Å². The van der Waals surface area contributed by atoms with Crippen LogP contribution in [0.5, 0.6) is 5.75 Å².